The standard InChI is InChI=1S/C16H18N6OS/c23-14-2-1-4-19-22(14)10-7-20-5-8-21(9-6-20)16-15-13(3-11-24-15)17-12-18-16/h1-4,11-12H,5-10H2. The minimum absolute atomic E-state index is 0.0443. The van der Waals surface area contributed by atoms with Gasteiger partial charge in [0.05, 0.1) is 16.8 Å². The van der Waals surface area contributed by atoms with Crippen LogP contribution in [0.3, 0.4) is 0 Å². The molecule has 3 aromatic heterocycles. The summed E-state index contributed by atoms with van der Waals surface area (Å²) in [6.07, 6.45) is 3.30. The third kappa shape index (κ3) is 3.02. The van der Waals surface area contributed by atoms with Crippen LogP contribution in [0.1, 0.15) is 0 Å². The molecular weight excluding hydrogens is 324 g/mol. The quantitative estimate of drug-likeness (QED) is 0.707. The molecule has 0 bridgehead atoms. The van der Waals surface area contributed by atoms with E-state index < -0.39 is 0 Å². The number of fused-ring (bicyclic) bond motifs is 1. The topological polar surface area (TPSA) is 67.2 Å². The summed E-state index contributed by atoms with van der Waals surface area (Å²) in [6, 6.07) is 5.25. The van der Waals surface area contributed by atoms with Gasteiger partial charge in [0, 0.05) is 45.0 Å². The lowest BCUT2D eigenvalue weighted by Gasteiger charge is -2.35. The molecule has 0 aromatic carbocycles. The Kier molecular flexibility index (Phi) is 4.22. The maximum atomic E-state index is 11.7. The maximum absolute atomic E-state index is 11.7. The minimum atomic E-state index is -0.0443. The molecule has 0 atom stereocenters. The van der Waals surface area contributed by atoms with Gasteiger partial charge in [0.2, 0.25) is 0 Å². The minimum Gasteiger partial charge on any atom is -0.353 e. The van der Waals surface area contributed by atoms with Gasteiger partial charge in [-0.2, -0.15) is 5.10 Å². The molecule has 3 aromatic rings. The Balaban J connectivity index is 1.38. The van der Waals surface area contributed by atoms with E-state index in [9.17, 15) is 4.79 Å². The second kappa shape index (κ2) is 6.66. The normalized spacial score (nSPS) is 15.9. The zero-order valence-electron chi connectivity index (χ0n) is 13.2. The van der Waals surface area contributed by atoms with Gasteiger partial charge in [0.25, 0.3) is 5.56 Å². The Hall–Kier alpha value is -2.32. The smallest absolute Gasteiger partial charge is 0.266 e. The Morgan fingerprint density at radius 3 is 2.79 bits per heavy atom. The first-order valence-corrected chi connectivity index (χ1v) is 8.87. The first-order valence-electron chi connectivity index (χ1n) is 7.99. The van der Waals surface area contributed by atoms with Crippen LogP contribution in [-0.2, 0) is 6.54 Å². The van der Waals surface area contributed by atoms with E-state index in [1.54, 1.807) is 36.0 Å². The highest BCUT2D eigenvalue weighted by Gasteiger charge is 2.20. The molecule has 0 N–H and O–H groups in total. The Morgan fingerprint density at radius 2 is 1.96 bits per heavy atom. The number of rotatable bonds is 4. The second-order valence-corrected chi connectivity index (χ2v) is 6.66. The number of hydrogen-bond donors (Lipinski definition) is 0. The number of anilines is 1. The van der Waals surface area contributed by atoms with Crippen molar-refractivity contribution in [2.75, 3.05) is 37.6 Å². The van der Waals surface area contributed by atoms with E-state index in [-0.39, 0.29) is 5.56 Å². The van der Waals surface area contributed by atoms with Gasteiger partial charge in [0.1, 0.15) is 12.1 Å². The molecule has 4 rings (SSSR count). The molecule has 0 radical (unpaired) electrons. The molecule has 24 heavy (non-hydrogen) atoms. The van der Waals surface area contributed by atoms with Crippen molar-refractivity contribution in [3.05, 3.63) is 46.5 Å². The molecule has 124 valence electrons. The SMILES string of the molecule is O=c1cccnn1CCN1CCN(c2ncnc3ccsc23)CC1. The second-order valence-electron chi connectivity index (χ2n) is 5.75. The molecule has 8 heteroatoms. The van der Waals surface area contributed by atoms with E-state index in [1.165, 1.54) is 4.68 Å². The van der Waals surface area contributed by atoms with Gasteiger partial charge in [-0.3, -0.25) is 9.69 Å². The summed E-state index contributed by atoms with van der Waals surface area (Å²) < 4.78 is 2.68. The summed E-state index contributed by atoms with van der Waals surface area (Å²) >= 11 is 1.69. The number of thiophene rings is 1. The fourth-order valence-corrected chi connectivity index (χ4v) is 3.84. The van der Waals surface area contributed by atoms with Gasteiger partial charge < -0.3 is 4.90 Å². The maximum Gasteiger partial charge on any atom is 0.266 e. The average Bonchev–Trinajstić information content (AvgIpc) is 3.10. The lowest BCUT2D eigenvalue weighted by molar-refractivity contribution is 0.242. The molecule has 0 spiro atoms. The summed E-state index contributed by atoms with van der Waals surface area (Å²) in [5.74, 6) is 1.04. The van der Waals surface area contributed by atoms with Gasteiger partial charge in [0.15, 0.2) is 0 Å². The van der Waals surface area contributed by atoms with Crippen molar-refractivity contribution in [2.24, 2.45) is 0 Å². The van der Waals surface area contributed by atoms with Crippen LogP contribution >= 0.6 is 11.3 Å². The van der Waals surface area contributed by atoms with Crippen molar-refractivity contribution in [2.45, 2.75) is 6.54 Å². The van der Waals surface area contributed by atoms with Crippen LogP contribution in [0.5, 0.6) is 0 Å². The fraction of sp³-hybridized carbons (Fsp3) is 0.375. The summed E-state index contributed by atoms with van der Waals surface area (Å²) in [6.45, 7) is 5.24. The van der Waals surface area contributed by atoms with Gasteiger partial charge in [-0.15, -0.1) is 11.3 Å². The summed E-state index contributed by atoms with van der Waals surface area (Å²) in [4.78, 5) is 25.2. The first-order chi connectivity index (χ1) is 11.8. The van der Waals surface area contributed by atoms with E-state index in [0.717, 1.165) is 48.8 Å². The molecule has 0 saturated carbocycles. The van der Waals surface area contributed by atoms with Crippen LogP contribution in [0.2, 0.25) is 0 Å². The average molecular weight is 342 g/mol. The molecule has 0 unspecified atom stereocenters. The first kappa shape index (κ1) is 15.2. The third-order valence-electron chi connectivity index (χ3n) is 4.31. The third-order valence-corrected chi connectivity index (χ3v) is 5.21. The summed E-state index contributed by atoms with van der Waals surface area (Å²) in [7, 11) is 0. The Morgan fingerprint density at radius 1 is 1.08 bits per heavy atom. The molecule has 4 heterocycles. The van der Waals surface area contributed by atoms with Gasteiger partial charge >= 0.3 is 0 Å². The van der Waals surface area contributed by atoms with Crippen LogP contribution in [0.4, 0.5) is 5.82 Å². The molecule has 1 fully saturated rings. The number of aromatic nitrogens is 4. The molecule has 7 nitrogen and oxygen atoms in total. The van der Waals surface area contributed by atoms with E-state index >= 15 is 0 Å². The molecule has 1 aliphatic rings. The van der Waals surface area contributed by atoms with Crippen molar-refractivity contribution in [3.8, 4) is 0 Å². The van der Waals surface area contributed by atoms with Crippen LogP contribution in [0.25, 0.3) is 10.2 Å². The van der Waals surface area contributed by atoms with Crippen LogP contribution in [0.15, 0.2) is 40.9 Å². The van der Waals surface area contributed by atoms with Gasteiger partial charge in [-0.25, -0.2) is 14.6 Å². The molecule has 0 aliphatic carbocycles. The summed E-state index contributed by atoms with van der Waals surface area (Å²) in [5.41, 5.74) is 0.971. The van der Waals surface area contributed by atoms with E-state index in [2.05, 4.69) is 30.2 Å². The highest BCUT2D eigenvalue weighted by molar-refractivity contribution is 7.17. The largest absolute Gasteiger partial charge is 0.353 e. The molecular formula is C16H18N6OS. The lowest BCUT2D eigenvalue weighted by atomic mass is 10.3. The Bertz CT molecular complexity index is 883. The van der Waals surface area contributed by atoms with Crippen molar-refractivity contribution < 1.29 is 0 Å². The molecule has 1 aliphatic heterocycles. The zero-order valence-corrected chi connectivity index (χ0v) is 14.0. The predicted molar refractivity (Wildman–Crippen MR) is 94.6 cm³/mol. The number of hydrogen-bond acceptors (Lipinski definition) is 7. The van der Waals surface area contributed by atoms with Gasteiger partial charge in [-0.05, 0) is 17.5 Å². The predicted octanol–water partition coefficient (Wildman–Crippen LogP) is 1.07. The fourth-order valence-electron chi connectivity index (χ4n) is 2.98. The number of nitrogens with zero attached hydrogens (tertiary/aromatic N) is 6. The highest BCUT2D eigenvalue weighted by atomic mass is 32.1. The number of piperazine rings is 1. The lowest BCUT2D eigenvalue weighted by Crippen LogP contribution is -2.48. The van der Waals surface area contributed by atoms with Gasteiger partial charge in [-0.1, -0.05) is 0 Å². The van der Waals surface area contributed by atoms with Crippen molar-refractivity contribution >= 4 is 27.4 Å². The van der Waals surface area contributed by atoms with E-state index in [4.69, 9.17) is 0 Å². The van der Waals surface area contributed by atoms with Crippen LogP contribution < -0.4 is 10.5 Å². The highest BCUT2D eigenvalue weighted by Crippen LogP contribution is 2.28. The summed E-state index contributed by atoms with van der Waals surface area (Å²) in [5, 5.41) is 6.16. The van der Waals surface area contributed by atoms with E-state index in [0.29, 0.717) is 6.54 Å². The van der Waals surface area contributed by atoms with Crippen molar-refractivity contribution in [1.29, 1.82) is 0 Å². The van der Waals surface area contributed by atoms with Crippen LogP contribution in [0, 0.1) is 0 Å². The molecule has 1 saturated heterocycles. The molecule has 0 amide bonds. The monoisotopic (exact) mass is 342 g/mol. The van der Waals surface area contributed by atoms with E-state index in [1.807, 2.05) is 6.07 Å². The van der Waals surface area contributed by atoms with Crippen molar-refractivity contribution in [1.82, 2.24) is 24.6 Å². The van der Waals surface area contributed by atoms with Crippen molar-refractivity contribution in [3.63, 3.8) is 0 Å². The zero-order chi connectivity index (χ0) is 16.4. The Labute approximate surface area is 143 Å². The van der Waals surface area contributed by atoms with Crippen LogP contribution in [-0.4, -0.2) is 57.4 Å².